The number of nitrogens with zero attached hydrogens (tertiary/aromatic N) is 2. The highest BCUT2D eigenvalue weighted by Crippen LogP contribution is 2.30. The molecule has 1 N–H and O–H groups in total. The molecular weight excluding hydrogens is 387 g/mol. The minimum absolute atomic E-state index is 0.0217. The third-order valence-electron chi connectivity index (χ3n) is 5.16. The fourth-order valence-electron chi connectivity index (χ4n) is 3.74. The van der Waals surface area contributed by atoms with E-state index in [0.29, 0.717) is 42.1 Å². The Bertz CT molecular complexity index is 1080. The fourth-order valence-corrected chi connectivity index (χ4v) is 3.94. The smallest absolute Gasteiger partial charge is 0.274 e. The standard InChI is InChI=1S/C20H18ClFN2O4/c1-2-12-9-28-10-15-16(12)18(25)19(26)17-20(27)23(5-6-24(15)17)8-11-3-4-14(22)13(21)7-11/h2-4,7,26H,5-6,8-10H2,1H3. The molecule has 3 heterocycles. The van der Waals surface area contributed by atoms with Crippen molar-refractivity contribution in [3.63, 3.8) is 0 Å². The molecule has 2 aromatic rings. The summed E-state index contributed by atoms with van der Waals surface area (Å²) >= 11 is 5.82. The van der Waals surface area contributed by atoms with Gasteiger partial charge in [-0.3, -0.25) is 9.59 Å². The van der Waals surface area contributed by atoms with Crippen molar-refractivity contribution < 1.29 is 19.0 Å². The molecular formula is C20H18ClFN2O4. The number of aromatic nitrogens is 1. The molecule has 0 radical (unpaired) electrons. The molecule has 0 aliphatic carbocycles. The van der Waals surface area contributed by atoms with E-state index in [-0.39, 0.29) is 23.9 Å². The van der Waals surface area contributed by atoms with E-state index in [0.717, 1.165) is 0 Å². The second-order valence-electron chi connectivity index (χ2n) is 6.78. The van der Waals surface area contributed by atoms with Crippen LogP contribution in [0.25, 0.3) is 5.57 Å². The maximum atomic E-state index is 13.4. The Morgan fingerprint density at radius 3 is 2.79 bits per heavy atom. The molecule has 28 heavy (non-hydrogen) atoms. The number of ether oxygens (including phenoxy) is 1. The molecule has 4 rings (SSSR count). The van der Waals surface area contributed by atoms with E-state index in [4.69, 9.17) is 16.3 Å². The summed E-state index contributed by atoms with van der Waals surface area (Å²) in [5.74, 6) is -1.54. The zero-order valence-electron chi connectivity index (χ0n) is 15.2. The summed E-state index contributed by atoms with van der Waals surface area (Å²) in [6.45, 7) is 3.28. The van der Waals surface area contributed by atoms with Gasteiger partial charge in [0.2, 0.25) is 5.43 Å². The average Bonchev–Trinajstić information content (AvgIpc) is 2.69. The molecule has 1 aromatic carbocycles. The van der Waals surface area contributed by atoms with Crippen molar-refractivity contribution in [1.82, 2.24) is 9.47 Å². The molecule has 0 spiro atoms. The molecule has 146 valence electrons. The van der Waals surface area contributed by atoms with E-state index in [9.17, 15) is 19.1 Å². The summed E-state index contributed by atoms with van der Waals surface area (Å²) < 4.78 is 20.6. The van der Waals surface area contributed by atoms with Crippen LogP contribution in [0.1, 0.15) is 34.2 Å². The number of hydrogen-bond donors (Lipinski definition) is 1. The van der Waals surface area contributed by atoms with Gasteiger partial charge in [0, 0.05) is 19.6 Å². The summed E-state index contributed by atoms with van der Waals surface area (Å²) in [5.41, 5.74) is 1.79. The number of carbonyl (C=O) groups is 1. The first-order valence-corrected chi connectivity index (χ1v) is 9.25. The maximum absolute atomic E-state index is 13.4. The molecule has 0 atom stereocenters. The second kappa shape index (κ2) is 7.07. The van der Waals surface area contributed by atoms with Gasteiger partial charge in [-0.05, 0) is 30.2 Å². The van der Waals surface area contributed by atoms with E-state index >= 15 is 0 Å². The van der Waals surface area contributed by atoms with Crippen molar-refractivity contribution in [2.24, 2.45) is 0 Å². The van der Waals surface area contributed by atoms with Crippen LogP contribution in [0.3, 0.4) is 0 Å². The van der Waals surface area contributed by atoms with Crippen molar-refractivity contribution in [3.05, 3.63) is 67.9 Å². The number of allylic oxidation sites excluding steroid dienone is 1. The number of carbonyl (C=O) groups excluding carboxylic acids is 1. The van der Waals surface area contributed by atoms with Crippen molar-refractivity contribution >= 4 is 23.1 Å². The van der Waals surface area contributed by atoms with E-state index in [1.807, 2.05) is 0 Å². The Kier molecular flexibility index (Phi) is 4.72. The van der Waals surface area contributed by atoms with Gasteiger partial charge < -0.3 is 19.3 Å². The first kappa shape index (κ1) is 18.7. The molecule has 0 unspecified atom stereocenters. The van der Waals surface area contributed by atoms with Gasteiger partial charge in [0.1, 0.15) is 5.82 Å². The number of aromatic hydroxyl groups is 1. The normalized spacial score (nSPS) is 17.6. The van der Waals surface area contributed by atoms with Crippen LogP contribution in [0.2, 0.25) is 5.02 Å². The highest BCUT2D eigenvalue weighted by molar-refractivity contribution is 6.30. The Morgan fingerprint density at radius 1 is 1.29 bits per heavy atom. The Labute approximate surface area is 165 Å². The van der Waals surface area contributed by atoms with E-state index in [1.165, 1.54) is 17.0 Å². The lowest BCUT2D eigenvalue weighted by molar-refractivity contribution is 0.0671. The second-order valence-corrected chi connectivity index (χ2v) is 7.19. The number of pyridine rings is 1. The summed E-state index contributed by atoms with van der Waals surface area (Å²) in [4.78, 5) is 27.3. The molecule has 0 saturated heterocycles. The predicted molar refractivity (Wildman–Crippen MR) is 102 cm³/mol. The number of fused-ring (bicyclic) bond motifs is 3. The molecule has 2 aliphatic rings. The third kappa shape index (κ3) is 2.91. The van der Waals surface area contributed by atoms with Crippen molar-refractivity contribution in [1.29, 1.82) is 0 Å². The lowest BCUT2D eigenvalue weighted by atomic mass is 9.99. The zero-order valence-corrected chi connectivity index (χ0v) is 15.9. The van der Waals surface area contributed by atoms with Crippen LogP contribution in [-0.2, 0) is 24.4 Å². The zero-order chi connectivity index (χ0) is 20.0. The van der Waals surface area contributed by atoms with Gasteiger partial charge in [-0.15, -0.1) is 0 Å². The van der Waals surface area contributed by atoms with Crippen LogP contribution in [0.4, 0.5) is 4.39 Å². The van der Waals surface area contributed by atoms with Crippen LogP contribution in [0.15, 0.2) is 29.1 Å². The summed E-state index contributed by atoms with van der Waals surface area (Å²) in [6.07, 6.45) is 1.78. The van der Waals surface area contributed by atoms with Gasteiger partial charge in [-0.2, -0.15) is 0 Å². The molecule has 1 aromatic heterocycles. The van der Waals surface area contributed by atoms with Gasteiger partial charge in [-0.1, -0.05) is 23.7 Å². The lowest BCUT2D eigenvalue weighted by Gasteiger charge is -2.34. The van der Waals surface area contributed by atoms with E-state index < -0.39 is 22.9 Å². The molecule has 6 nitrogen and oxygen atoms in total. The molecule has 1 amide bonds. The van der Waals surface area contributed by atoms with E-state index in [1.54, 1.807) is 23.6 Å². The summed E-state index contributed by atoms with van der Waals surface area (Å²) in [7, 11) is 0. The fraction of sp³-hybridized carbons (Fsp3) is 0.300. The maximum Gasteiger partial charge on any atom is 0.274 e. The van der Waals surface area contributed by atoms with Crippen LogP contribution in [0.5, 0.6) is 5.75 Å². The lowest BCUT2D eigenvalue weighted by Crippen LogP contribution is -2.43. The molecule has 0 fully saturated rings. The van der Waals surface area contributed by atoms with Gasteiger partial charge >= 0.3 is 0 Å². The highest BCUT2D eigenvalue weighted by atomic mass is 35.5. The largest absolute Gasteiger partial charge is 0.503 e. The van der Waals surface area contributed by atoms with Crippen LogP contribution < -0.4 is 5.43 Å². The van der Waals surface area contributed by atoms with Gasteiger partial charge in [0.05, 0.1) is 29.5 Å². The van der Waals surface area contributed by atoms with Crippen LogP contribution in [-0.4, -0.2) is 33.6 Å². The minimum Gasteiger partial charge on any atom is -0.503 e. The average molecular weight is 405 g/mol. The number of hydrogen-bond acceptors (Lipinski definition) is 4. The van der Waals surface area contributed by atoms with E-state index in [2.05, 4.69) is 0 Å². The van der Waals surface area contributed by atoms with Gasteiger partial charge in [0.25, 0.3) is 5.91 Å². The van der Waals surface area contributed by atoms with Crippen molar-refractivity contribution in [2.45, 2.75) is 26.6 Å². The molecule has 0 bridgehead atoms. The minimum atomic E-state index is -0.558. The van der Waals surface area contributed by atoms with Gasteiger partial charge in [0.15, 0.2) is 11.4 Å². The first-order chi connectivity index (χ1) is 13.4. The predicted octanol–water partition coefficient (Wildman–Crippen LogP) is 2.94. The molecule has 8 heteroatoms. The number of amides is 1. The number of rotatable bonds is 2. The SMILES string of the molecule is CC=C1COCc2c1c(=O)c(O)c1n2CCN(Cc2ccc(F)c(Cl)c2)C1=O. The number of benzene rings is 1. The molecule has 2 aliphatic heterocycles. The number of halogens is 2. The quantitative estimate of drug-likeness (QED) is 0.835. The van der Waals surface area contributed by atoms with Crippen molar-refractivity contribution in [2.75, 3.05) is 13.2 Å². The monoisotopic (exact) mass is 404 g/mol. The Morgan fingerprint density at radius 2 is 2.07 bits per heavy atom. The topological polar surface area (TPSA) is 71.8 Å². The summed E-state index contributed by atoms with van der Waals surface area (Å²) in [5, 5.41) is 10.5. The summed E-state index contributed by atoms with van der Waals surface area (Å²) in [6, 6.07) is 4.26. The van der Waals surface area contributed by atoms with Gasteiger partial charge in [-0.25, -0.2) is 4.39 Å². The Balaban J connectivity index is 1.75. The van der Waals surface area contributed by atoms with Crippen molar-refractivity contribution in [3.8, 4) is 5.75 Å². The Hall–Kier alpha value is -2.64. The van der Waals surface area contributed by atoms with Crippen LogP contribution >= 0.6 is 11.6 Å². The first-order valence-electron chi connectivity index (χ1n) is 8.87. The van der Waals surface area contributed by atoms with Crippen LogP contribution in [0, 0.1) is 5.82 Å². The third-order valence-corrected chi connectivity index (χ3v) is 5.45. The molecule has 0 saturated carbocycles. The highest BCUT2D eigenvalue weighted by Gasteiger charge is 2.34.